The first kappa shape index (κ1) is 23.8. The Morgan fingerprint density at radius 3 is 2.35 bits per heavy atom. The summed E-state index contributed by atoms with van der Waals surface area (Å²) in [5, 5.41) is 14.2. The smallest absolute Gasteiger partial charge is 0.250 e. The highest BCUT2D eigenvalue weighted by Gasteiger charge is 2.17. The summed E-state index contributed by atoms with van der Waals surface area (Å²) in [4.78, 5) is 12.3. The third kappa shape index (κ3) is 6.35. The lowest BCUT2D eigenvalue weighted by atomic mass is 10.2. The van der Waals surface area contributed by atoms with Crippen LogP contribution in [0.15, 0.2) is 100 Å². The van der Waals surface area contributed by atoms with Gasteiger partial charge >= 0.3 is 0 Å². The molecule has 0 unspecified atom stereocenters. The van der Waals surface area contributed by atoms with E-state index in [0.29, 0.717) is 21.0 Å². The number of benzene rings is 3. The van der Waals surface area contributed by atoms with Crippen LogP contribution in [0.2, 0.25) is 5.02 Å². The molecule has 0 saturated carbocycles. The Bertz CT molecular complexity index is 1310. The van der Waals surface area contributed by atoms with Crippen LogP contribution in [0, 0.1) is 0 Å². The van der Waals surface area contributed by atoms with Crippen LogP contribution >= 0.6 is 35.0 Å². The summed E-state index contributed by atoms with van der Waals surface area (Å²) < 4.78 is 1.90. The zero-order chi connectivity index (χ0) is 23.8. The molecule has 1 heterocycles. The number of hydrazone groups is 1. The van der Waals surface area contributed by atoms with Gasteiger partial charge in [-0.3, -0.25) is 9.36 Å². The average Bonchev–Trinajstić information content (AvgIpc) is 3.28. The molecule has 0 aliphatic carbocycles. The van der Waals surface area contributed by atoms with Gasteiger partial charge in [0.05, 0.1) is 17.0 Å². The highest BCUT2D eigenvalue weighted by Crippen LogP contribution is 2.28. The first-order chi connectivity index (χ1) is 16.6. The van der Waals surface area contributed by atoms with Crippen molar-refractivity contribution >= 4 is 53.2 Å². The van der Waals surface area contributed by atoms with Gasteiger partial charge in [0.1, 0.15) is 0 Å². The zero-order valence-corrected chi connectivity index (χ0v) is 20.1. The molecule has 6 nitrogen and oxygen atoms in total. The molecule has 0 fully saturated rings. The Kier molecular flexibility index (Phi) is 8.14. The minimum atomic E-state index is -0.294. The summed E-state index contributed by atoms with van der Waals surface area (Å²) in [5.74, 6) is 0.469. The molecule has 9 heteroatoms. The van der Waals surface area contributed by atoms with E-state index in [2.05, 4.69) is 20.7 Å². The van der Waals surface area contributed by atoms with E-state index in [0.717, 1.165) is 16.8 Å². The highest BCUT2D eigenvalue weighted by atomic mass is 35.5. The lowest BCUT2D eigenvalue weighted by Crippen LogP contribution is -2.19. The maximum absolute atomic E-state index is 12.3. The van der Waals surface area contributed by atoms with E-state index in [-0.39, 0.29) is 11.7 Å². The van der Waals surface area contributed by atoms with E-state index in [4.69, 9.17) is 23.2 Å². The number of hydrogen-bond acceptors (Lipinski definition) is 5. The highest BCUT2D eigenvalue weighted by molar-refractivity contribution is 7.99. The van der Waals surface area contributed by atoms with Gasteiger partial charge in [0.15, 0.2) is 11.0 Å². The predicted octanol–water partition coefficient (Wildman–Crippen LogP) is 6.06. The average molecular weight is 508 g/mol. The SMILES string of the molecule is O=C(CSc1nnc(-c2ccccc2)n1-c1ccc(Cl)cc1)N/N=C\C(Cl)=C\c1ccccc1. The van der Waals surface area contributed by atoms with Crippen molar-refractivity contribution in [2.24, 2.45) is 5.10 Å². The first-order valence-corrected chi connectivity index (χ1v) is 12.0. The molecular weight excluding hydrogens is 489 g/mol. The monoisotopic (exact) mass is 507 g/mol. The number of allylic oxidation sites excluding steroid dienone is 1. The molecule has 0 aliphatic rings. The molecule has 0 radical (unpaired) electrons. The van der Waals surface area contributed by atoms with E-state index in [9.17, 15) is 4.79 Å². The van der Waals surface area contributed by atoms with Crippen molar-refractivity contribution in [1.29, 1.82) is 0 Å². The summed E-state index contributed by atoms with van der Waals surface area (Å²) in [6.45, 7) is 0. The van der Waals surface area contributed by atoms with Crippen molar-refractivity contribution < 1.29 is 4.79 Å². The molecule has 4 rings (SSSR count). The molecule has 0 atom stereocenters. The second kappa shape index (κ2) is 11.7. The van der Waals surface area contributed by atoms with Crippen molar-refractivity contribution in [1.82, 2.24) is 20.2 Å². The summed E-state index contributed by atoms with van der Waals surface area (Å²) in [6.07, 6.45) is 3.15. The fourth-order valence-electron chi connectivity index (χ4n) is 3.03. The summed E-state index contributed by atoms with van der Waals surface area (Å²) in [6, 6.07) is 26.7. The van der Waals surface area contributed by atoms with E-state index in [1.807, 2.05) is 77.4 Å². The topological polar surface area (TPSA) is 72.2 Å². The van der Waals surface area contributed by atoms with Gasteiger partial charge in [0, 0.05) is 16.3 Å². The molecule has 0 saturated heterocycles. The maximum atomic E-state index is 12.3. The summed E-state index contributed by atoms with van der Waals surface area (Å²) in [5.41, 5.74) is 5.17. The van der Waals surface area contributed by atoms with Crippen LogP contribution in [0.25, 0.3) is 23.2 Å². The Labute approximate surface area is 211 Å². The normalized spacial score (nSPS) is 11.6. The van der Waals surface area contributed by atoms with Gasteiger partial charge in [-0.2, -0.15) is 5.10 Å². The Morgan fingerprint density at radius 1 is 0.971 bits per heavy atom. The van der Waals surface area contributed by atoms with E-state index < -0.39 is 0 Å². The van der Waals surface area contributed by atoms with Crippen LogP contribution in [0.5, 0.6) is 0 Å². The Morgan fingerprint density at radius 2 is 1.65 bits per heavy atom. The van der Waals surface area contributed by atoms with Crippen molar-refractivity contribution in [3.63, 3.8) is 0 Å². The Hall–Kier alpha value is -3.39. The zero-order valence-electron chi connectivity index (χ0n) is 17.8. The number of carbonyl (C=O) groups is 1. The molecule has 4 aromatic rings. The molecule has 1 aromatic heterocycles. The minimum absolute atomic E-state index is 0.0951. The molecule has 170 valence electrons. The van der Waals surface area contributed by atoms with Crippen molar-refractivity contribution in [2.45, 2.75) is 5.16 Å². The second-order valence-corrected chi connectivity index (χ2v) is 8.82. The summed E-state index contributed by atoms with van der Waals surface area (Å²) >= 11 is 13.5. The van der Waals surface area contributed by atoms with E-state index >= 15 is 0 Å². The number of nitrogens with one attached hydrogen (secondary N) is 1. The number of nitrogens with zero attached hydrogens (tertiary/aromatic N) is 4. The number of hydrogen-bond donors (Lipinski definition) is 1. The van der Waals surface area contributed by atoms with E-state index in [1.165, 1.54) is 18.0 Å². The number of thioether (sulfide) groups is 1. The van der Waals surface area contributed by atoms with Crippen molar-refractivity contribution in [3.05, 3.63) is 101 Å². The molecular formula is C25H19Cl2N5OS. The largest absolute Gasteiger partial charge is 0.272 e. The van der Waals surface area contributed by atoms with Gasteiger partial charge in [-0.05, 0) is 35.9 Å². The maximum Gasteiger partial charge on any atom is 0.250 e. The Balaban J connectivity index is 1.45. The number of rotatable bonds is 8. The third-order valence-corrected chi connectivity index (χ3v) is 5.95. The van der Waals surface area contributed by atoms with Crippen LogP contribution in [-0.2, 0) is 4.79 Å². The van der Waals surface area contributed by atoms with Gasteiger partial charge in [-0.25, -0.2) is 5.43 Å². The number of aromatic nitrogens is 3. The van der Waals surface area contributed by atoms with Crippen molar-refractivity contribution in [2.75, 3.05) is 5.75 Å². The molecule has 0 aliphatic heterocycles. The fourth-order valence-corrected chi connectivity index (χ4v) is 4.08. The standard InChI is InChI=1S/C25H19Cl2N5OS/c26-20-11-13-22(14-12-20)32-24(19-9-5-2-6-10-19)30-31-25(32)34-17-23(33)29-28-16-21(27)15-18-7-3-1-4-8-18/h1-16H,17H2,(H,29,33)/b21-15-,28-16-. The predicted molar refractivity (Wildman–Crippen MR) is 139 cm³/mol. The fraction of sp³-hybridized carbons (Fsp3) is 0.0400. The van der Waals surface area contributed by atoms with Gasteiger partial charge < -0.3 is 0 Å². The second-order valence-electron chi connectivity index (χ2n) is 7.01. The molecule has 34 heavy (non-hydrogen) atoms. The summed E-state index contributed by atoms with van der Waals surface area (Å²) in [7, 11) is 0. The number of carbonyl (C=O) groups excluding carboxylic acids is 1. The minimum Gasteiger partial charge on any atom is -0.272 e. The van der Waals surface area contributed by atoms with Crippen LogP contribution in [0.4, 0.5) is 0 Å². The lowest BCUT2D eigenvalue weighted by molar-refractivity contribution is -0.118. The number of halogens is 2. The lowest BCUT2D eigenvalue weighted by Gasteiger charge is -2.10. The van der Waals surface area contributed by atoms with Crippen LogP contribution < -0.4 is 5.43 Å². The van der Waals surface area contributed by atoms with Crippen LogP contribution in [0.1, 0.15) is 5.56 Å². The molecule has 1 amide bonds. The van der Waals surface area contributed by atoms with Gasteiger partial charge in [-0.1, -0.05) is 95.6 Å². The third-order valence-electron chi connectivity index (χ3n) is 4.56. The molecule has 1 N–H and O–H groups in total. The van der Waals surface area contributed by atoms with E-state index in [1.54, 1.807) is 18.2 Å². The van der Waals surface area contributed by atoms with Crippen LogP contribution in [0.3, 0.4) is 0 Å². The van der Waals surface area contributed by atoms with Gasteiger partial charge in [0.2, 0.25) is 0 Å². The quantitative estimate of drug-likeness (QED) is 0.178. The van der Waals surface area contributed by atoms with Crippen LogP contribution in [-0.4, -0.2) is 32.6 Å². The van der Waals surface area contributed by atoms with Gasteiger partial charge in [-0.15, -0.1) is 10.2 Å². The first-order valence-electron chi connectivity index (χ1n) is 10.2. The van der Waals surface area contributed by atoms with Gasteiger partial charge in [0.25, 0.3) is 5.91 Å². The molecule has 0 bridgehead atoms. The molecule has 0 spiro atoms. The van der Waals surface area contributed by atoms with Crippen molar-refractivity contribution in [3.8, 4) is 17.1 Å². The molecule has 3 aromatic carbocycles. The number of amides is 1.